The van der Waals surface area contributed by atoms with Gasteiger partial charge in [-0.05, 0) is 43.0 Å². The summed E-state index contributed by atoms with van der Waals surface area (Å²) in [5.41, 5.74) is 4.03. The molecule has 26 heavy (non-hydrogen) atoms. The highest BCUT2D eigenvalue weighted by Crippen LogP contribution is 2.33. The Morgan fingerprint density at radius 1 is 1.08 bits per heavy atom. The van der Waals surface area contributed by atoms with Crippen LogP contribution >= 0.6 is 0 Å². The van der Waals surface area contributed by atoms with Gasteiger partial charge in [0, 0.05) is 43.9 Å². The van der Waals surface area contributed by atoms with Crippen molar-refractivity contribution in [1.82, 2.24) is 24.2 Å². The number of carbonyl (C=O) groups excluding carboxylic acids is 1. The third-order valence-electron chi connectivity index (χ3n) is 5.51. The molecule has 6 heteroatoms. The number of hydrogen-bond donors (Lipinski definition) is 0. The average molecular weight is 347 g/mol. The highest BCUT2D eigenvalue weighted by molar-refractivity contribution is 5.95. The molecule has 0 unspecified atom stereocenters. The minimum atomic E-state index is -0.112. The SMILES string of the molecule is O=C(c1cnn2c1CCCC2)N1CCn2cccc2[C@H]1c1cccnc1. The summed E-state index contributed by atoms with van der Waals surface area (Å²) in [5.74, 6) is 0.0782. The summed E-state index contributed by atoms with van der Waals surface area (Å²) in [4.78, 5) is 19.8. The van der Waals surface area contributed by atoms with Gasteiger partial charge in [0.15, 0.2) is 0 Å². The van der Waals surface area contributed by atoms with Crippen LogP contribution in [0.4, 0.5) is 0 Å². The van der Waals surface area contributed by atoms with E-state index in [4.69, 9.17) is 0 Å². The Labute approximate surface area is 152 Å². The van der Waals surface area contributed by atoms with E-state index >= 15 is 0 Å². The Balaban J connectivity index is 1.57. The van der Waals surface area contributed by atoms with Crippen molar-refractivity contribution in [2.45, 2.75) is 38.4 Å². The Morgan fingerprint density at radius 3 is 2.92 bits per heavy atom. The summed E-state index contributed by atoms with van der Waals surface area (Å²) in [7, 11) is 0. The molecule has 2 aliphatic rings. The van der Waals surface area contributed by atoms with E-state index in [1.807, 2.05) is 27.9 Å². The Kier molecular flexibility index (Phi) is 3.62. The second kappa shape index (κ2) is 6.12. The number of aromatic nitrogens is 4. The summed E-state index contributed by atoms with van der Waals surface area (Å²) < 4.78 is 4.23. The van der Waals surface area contributed by atoms with Gasteiger partial charge in [-0.2, -0.15) is 5.10 Å². The number of rotatable bonds is 2. The highest BCUT2D eigenvalue weighted by Gasteiger charge is 2.34. The van der Waals surface area contributed by atoms with Crippen molar-refractivity contribution < 1.29 is 4.79 Å². The molecule has 1 amide bonds. The molecule has 0 saturated heterocycles. The molecule has 0 N–H and O–H groups in total. The minimum Gasteiger partial charge on any atom is -0.348 e. The lowest BCUT2D eigenvalue weighted by molar-refractivity contribution is 0.0662. The lowest BCUT2D eigenvalue weighted by atomic mass is 9.99. The zero-order valence-corrected chi connectivity index (χ0v) is 14.6. The molecule has 0 fully saturated rings. The molecule has 2 aliphatic heterocycles. The Morgan fingerprint density at radius 2 is 2.04 bits per heavy atom. The maximum Gasteiger partial charge on any atom is 0.258 e. The molecule has 3 aromatic rings. The fourth-order valence-electron chi connectivity index (χ4n) is 4.25. The monoisotopic (exact) mass is 347 g/mol. The van der Waals surface area contributed by atoms with Gasteiger partial charge in [0.2, 0.25) is 0 Å². The van der Waals surface area contributed by atoms with Crippen LogP contribution in [0.2, 0.25) is 0 Å². The van der Waals surface area contributed by atoms with Gasteiger partial charge in [-0.25, -0.2) is 0 Å². The number of amides is 1. The van der Waals surface area contributed by atoms with Crippen molar-refractivity contribution in [2.24, 2.45) is 0 Å². The fourth-order valence-corrected chi connectivity index (χ4v) is 4.25. The first-order valence-corrected chi connectivity index (χ1v) is 9.23. The fraction of sp³-hybridized carbons (Fsp3) is 0.350. The standard InChI is InChI=1S/C20H21N5O/c26-20(16-14-22-25-10-2-1-6-17(16)25)24-12-11-23-9-4-7-18(23)19(24)15-5-3-8-21-13-15/h3-5,7-9,13-14,19H,1-2,6,10-12H2/t19-/m1/s1. The third kappa shape index (κ3) is 2.36. The van der Waals surface area contributed by atoms with Crippen molar-refractivity contribution in [3.8, 4) is 0 Å². The van der Waals surface area contributed by atoms with Crippen LogP contribution in [0.15, 0.2) is 49.1 Å². The van der Waals surface area contributed by atoms with Gasteiger partial charge in [-0.1, -0.05) is 6.07 Å². The molecule has 6 nitrogen and oxygen atoms in total. The van der Waals surface area contributed by atoms with E-state index in [0.717, 1.165) is 54.9 Å². The maximum absolute atomic E-state index is 13.5. The minimum absolute atomic E-state index is 0.0782. The van der Waals surface area contributed by atoms with Crippen molar-refractivity contribution in [1.29, 1.82) is 0 Å². The molecule has 3 aromatic heterocycles. The van der Waals surface area contributed by atoms with Gasteiger partial charge in [0.25, 0.3) is 5.91 Å². The molecule has 5 rings (SSSR count). The topological polar surface area (TPSA) is 56.0 Å². The van der Waals surface area contributed by atoms with Gasteiger partial charge in [-0.3, -0.25) is 14.5 Å². The van der Waals surface area contributed by atoms with E-state index in [-0.39, 0.29) is 11.9 Å². The third-order valence-corrected chi connectivity index (χ3v) is 5.51. The molecule has 132 valence electrons. The van der Waals surface area contributed by atoms with E-state index in [1.54, 1.807) is 12.4 Å². The summed E-state index contributed by atoms with van der Waals surface area (Å²) in [6, 6.07) is 8.02. The maximum atomic E-state index is 13.5. The number of pyridine rings is 1. The van der Waals surface area contributed by atoms with Crippen molar-refractivity contribution >= 4 is 5.91 Å². The number of aryl methyl sites for hydroxylation is 1. The molecule has 0 aromatic carbocycles. The quantitative estimate of drug-likeness (QED) is 0.716. The van der Waals surface area contributed by atoms with E-state index < -0.39 is 0 Å². The summed E-state index contributed by atoms with van der Waals surface area (Å²) in [6.07, 6.45) is 10.7. The summed E-state index contributed by atoms with van der Waals surface area (Å²) in [6.45, 7) is 2.41. The molecule has 0 spiro atoms. The molecule has 0 aliphatic carbocycles. The Bertz CT molecular complexity index is 942. The zero-order chi connectivity index (χ0) is 17.5. The molecular weight excluding hydrogens is 326 g/mol. The summed E-state index contributed by atoms with van der Waals surface area (Å²) in [5, 5.41) is 4.46. The van der Waals surface area contributed by atoms with Crippen LogP contribution in [0.5, 0.6) is 0 Å². The van der Waals surface area contributed by atoms with Crippen molar-refractivity contribution in [2.75, 3.05) is 6.54 Å². The average Bonchev–Trinajstić information content (AvgIpc) is 3.34. The molecule has 5 heterocycles. The van der Waals surface area contributed by atoms with Gasteiger partial charge in [-0.15, -0.1) is 0 Å². The Hall–Kier alpha value is -2.89. The predicted octanol–water partition coefficient (Wildman–Crippen LogP) is 2.66. The summed E-state index contributed by atoms with van der Waals surface area (Å²) >= 11 is 0. The van der Waals surface area contributed by atoms with Gasteiger partial charge >= 0.3 is 0 Å². The first kappa shape index (κ1) is 15.4. The first-order valence-electron chi connectivity index (χ1n) is 9.23. The van der Waals surface area contributed by atoms with Crippen LogP contribution < -0.4 is 0 Å². The zero-order valence-electron chi connectivity index (χ0n) is 14.6. The van der Waals surface area contributed by atoms with E-state index in [0.29, 0.717) is 6.54 Å². The normalized spacial score (nSPS) is 19.1. The van der Waals surface area contributed by atoms with E-state index in [2.05, 4.69) is 33.0 Å². The molecular formula is C20H21N5O. The van der Waals surface area contributed by atoms with E-state index in [1.165, 1.54) is 0 Å². The number of fused-ring (bicyclic) bond motifs is 2. The van der Waals surface area contributed by atoms with Crippen molar-refractivity contribution in [3.05, 3.63) is 71.6 Å². The largest absolute Gasteiger partial charge is 0.348 e. The van der Waals surface area contributed by atoms with Gasteiger partial charge in [0.1, 0.15) is 0 Å². The van der Waals surface area contributed by atoms with E-state index in [9.17, 15) is 4.79 Å². The van der Waals surface area contributed by atoms with Crippen LogP contribution in [0.3, 0.4) is 0 Å². The van der Waals surface area contributed by atoms with Crippen LogP contribution in [0.25, 0.3) is 0 Å². The lowest BCUT2D eigenvalue weighted by Gasteiger charge is -2.37. The molecule has 0 saturated carbocycles. The number of nitrogens with zero attached hydrogens (tertiary/aromatic N) is 5. The molecule has 1 atom stereocenters. The lowest BCUT2D eigenvalue weighted by Crippen LogP contribution is -2.42. The number of hydrogen-bond acceptors (Lipinski definition) is 3. The van der Waals surface area contributed by atoms with Gasteiger partial charge < -0.3 is 9.47 Å². The van der Waals surface area contributed by atoms with Crippen LogP contribution in [0.1, 0.15) is 46.2 Å². The second-order valence-electron chi connectivity index (χ2n) is 7.00. The smallest absolute Gasteiger partial charge is 0.258 e. The van der Waals surface area contributed by atoms with Crippen LogP contribution in [-0.4, -0.2) is 36.7 Å². The van der Waals surface area contributed by atoms with Gasteiger partial charge in [0.05, 0.1) is 23.5 Å². The van der Waals surface area contributed by atoms with Crippen molar-refractivity contribution in [3.63, 3.8) is 0 Å². The number of carbonyl (C=O) groups is 1. The van der Waals surface area contributed by atoms with Crippen LogP contribution in [-0.2, 0) is 19.5 Å². The second-order valence-corrected chi connectivity index (χ2v) is 7.00. The predicted molar refractivity (Wildman–Crippen MR) is 96.7 cm³/mol. The molecule has 0 radical (unpaired) electrons. The molecule has 0 bridgehead atoms. The highest BCUT2D eigenvalue weighted by atomic mass is 16.2. The van der Waals surface area contributed by atoms with Crippen LogP contribution in [0, 0.1) is 0 Å². The first-order chi connectivity index (χ1) is 12.8.